The number of aliphatic hydroxyl groups excluding tert-OH is 1. The minimum absolute atomic E-state index is 0.0160. The van der Waals surface area contributed by atoms with Crippen molar-refractivity contribution in [3.8, 4) is 17.2 Å². The molecule has 234 valence electrons. The lowest BCUT2D eigenvalue weighted by Crippen LogP contribution is -2.59. The summed E-state index contributed by atoms with van der Waals surface area (Å²) in [5.74, 6) is -2.18. The maximum absolute atomic E-state index is 13.6. The molecule has 0 saturated heterocycles. The third kappa shape index (κ3) is 9.43. The van der Waals surface area contributed by atoms with Crippen molar-refractivity contribution < 1.29 is 43.6 Å². The van der Waals surface area contributed by atoms with Gasteiger partial charge in [-0.2, -0.15) is 0 Å². The van der Waals surface area contributed by atoms with Gasteiger partial charge < -0.3 is 40.4 Å². The topological polar surface area (TPSA) is 173 Å². The van der Waals surface area contributed by atoms with Crippen molar-refractivity contribution in [1.82, 2.24) is 16.0 Å². The molecule has 4 bridgehead atoms. The molecule has 4 rings (SSSR count). The maximum Gasteiger partial charge on any atom is 0.408 e. The van der Waals surface area contributed by atoms with Gasteiger partial charge in [-0.3, -0.25) is 9.59 Å². The first-order valence-electron chi connectivity index (χ1n) is 13.0. The summed E-state index contributed by atoms with van der Waals surface area (Å²) >= 11 is 8.86. The fourth-order valence-electron chi connectivity index (χ4n) is 4.15. The van der Waals surface area contributed by atoms with Crippen LogP contribution in [0.15, 0.2) is 33.2 Å². The number of carbonyl (C=O) groups excluding carboxylic acids is 4. The van der Waals surface area contributed by atoms with Crippen LogP contribution in [0.5, 0.6) is 17.2 Å². The van der Waals surface area contributed by atoms with Crippen LogP contribution in [0.2, 0.25) is 0 Å². The molecule has 3 amide bonds. The molecule has 0 radical (unpaired) electrons. The van der Waals surface area contributed by atoms with E-state index in [9.17, 15) is 29.4 Å². The smallest absolute Gasteiger partial charge is 0.408 e. The number of alkyl carbamates (subject to hydrolysis) is 1. The number of hydrogen-bond donors (Lipinski definition) is 5. The number of ether oxygens (including phenoxy) is 3. The van der Waals surface area contributed by atoms with Crippen LogP contribution < -0.4 is 20.7 Å². The molecule has 12 nitrogen and oxygen atoms in total. The summed E-state index contributed by atoms with van der Waals surface area (Å²) in [5, 5.41) is 28.8. The van der Waals surface area contributed by atoms with Crippen molar-refractivity contribution in [3.63, 3.8) is 0 Å². The van der Waals surface area contributed by atoms with Gasteiger partial charge in [0.2, 0.25) is 11.8 Å². The number of nitrogens with one attached hydrogen (secondary N) is 3. The summed E-state index contributed by atoms with van der Waals surface area (Å²) in [4.78, 5) is 52.3. The number of phenols is 1. The van der Waals surface area contributed by atoms with Crippen LogP contribution >= 0.6 is 54.5 Å². The highest BCUT2D eigenvalue weighted by molar-refractivity contribution is 14.1. The second-order valence-corrected chi connectivity index (χ2v) is 13.7. The van der Waals surface area contributed by atoms with E-state index in [0.717, 1.165) is 0 Å². The summed E-state index contributed by atoms with van der Waals surface area (Å²) in [7, 11) is 1.17. The Morgan fingerprint density at radius 2 is 1.67 bits per heavy atom. The summed E-state index contributed by atoms with van der Waals surface area (Å²) < 4.78 is 17.7. The van der Waals surface area contributed by atoms with Crippen molar-refractivity contribution in [2.75, 3.05) is 7.11 Å². The normalized spacial score (nSPS) is 20.2. The van der Waals surface area contributed by atoms with Gasteiger partial charge in [0.05, 0.1) is 25.7 Å². The predicted octanol–water partition coefficient (Wildman–Crippen LogP) is 3.83. The summed E-state index contributed by atoms with van der Waals surface area (Å²) in [6.45, 7) is 6.28. The zero-order chi connectivity index (χ0) is 32.2. The number of phenolic OH excluding ortho intramolecular Hbond substituents is 1. The Balaban J connectivity index is 2.17. The van der Waals surface area contributed by atoms with E-state index in [-0.39, 0.29) is 24.3 Å². The molecule has 0 aliphatic carbocycles. The molecular weight excluding hydrogens is 809 g/mol. The number of aromatic hydroxyl groups is 1. The molecule has 2 aromatic carbocycles. The Morgan fingerprint density at radius 3 is 2.23 bits per heavy atom. The van der Waals surface area contributed by atoms with Gasteiger partial charge >= 0.3 is 12.1 Å². The van der Waals surface area contributed by atoms with E-state index in [2.05, 4.69) is 47.8 Å². The van der Waals surface area contributed by atoms with Crippen LogP contribution in [0.4, 0.5) is 4.79 Å². The first-order valence-corrected chi connectivity index (χ1v) is 15.7. The highest BCUT2D eigenvalue weighted by Crippen LogP contribution is 2.42. The molecular formula is C28H32Br2IN3O9. The quantitative estimate of drug-likeness (QED) is 0.228. The molecule has 4 atom stereocenters. The van der Waals surface area contributed by atoms with Gasteiger partial charge in [-0.25, -0.2) is 9.59 Å². The van der Waals surface area contributed by atoms with Gasteiger partial charge in [-0.1, -0.05) is 0 Å². The zero-order valence-corrected chi connectivity index (χ0v) is 29.2. The number of carbonyl (C=O) groups is 4. The number of benzene rings is 2. The number of aliphatic hydroxyl groups is 1. The molecule has 0 unspecified atom stereocenters. The number of esters is 1. The molecule has 43 heavy (non-hydrogen) atoms. The van der Waals surface area contributed by atoms with Crippen molar-refractivity contribution >= 4 is 78.3 Å². The van der Waals surface area contributed by atoms with Gasteiger partial charge in [0.25, 0.3) is 0 Å². The summed E-state index contributed by atoms with van der Waals surface area (Å²) in [6.07, 6.45) is -2.40. The van der Waals surface area contributed by atoms with E-state index in [1.807, 2.05) is 22.6 Å². The van der Waals surface area contributed by atoms with Crippen molar-refractivity contribution in [1.29, 1.82) is 0 Å². The fourth-order valence-corrected chi connectivity index (χ4v) is 6.26. The number of halogens is 3. The number of fused-ring (bicyclic) bond motifs is 10. The fraction of sp³-hybridized carbons (Fsp3) is 0.429. The van der Waals surface area contributed by atoms with Crippen LogP contribution in [-0.2, 0) is 36.7 Å². The van der Waals surface area contributed by atoms with E-state index in [1.54, 1.807) is 39.0 Å². The van der Waals surface area contributed by atoms with Crippen LogP contribution in [0, 0.1) is 3.57 Å². The van der Waals surface area contributed by atoms with Gasteiger partial charge in [0.15, 0.2) is 17.2 Å². The minimum atomic E-state index is -1.50. The predicted molar refractivity (Wildman–Crippen MR) is 171 cm³/mol. The number of hydrogen-bond acceptors (Lipinski definition) is 9. The average molecular weight is 841 g/mol. The molecule has 15 heteroatoms. The van der Waals surface area contributed by atoms with Crippen LogP contribution in [0.3, 0.4) is 0 Å². The first-order chi connectivity index (χ1) is 20.0. The van der Waals surface area contributed by atoms with Gasteiger partial charge in [-0.05, 0) is 118 Å². The third-order valence-corrected chi connectivity index (χ3v) is 8.11. The zero-order valence-electron chi connectivity index (χ0n) is 23.9. The highest BCUT2D eigenvalue weighted by Gasteiger charge is 2.34. The molecule has 5 N–H and O–H groups in total. The largest absolute Gasteiger partial charge is 0.504 e. The maximum atomic E-state index is 13.6. The molecule has 0 aromatic heterocycles. The Labute approximate surface area is 279 Å². The van der Waals surface area contributed by atoms with Crippen LogP contribution in [0.1, 0.15) is 38.8 Å². The molecule has 2 aliphatic heterocycles. The Kier molecular flexibility index (Phi) is 11.7. The third-order valence-electron chi connectivity index (χ3n) is 6.11. The Hall–Kier alpha value is -2.63. The SMILES string of the molecule is COC(=O)[C@@H]1Cc2cc(Br)c(c(Br)c2)Oc2cc(cc(I)c2O)C[C@H](NC(=O)OC(C)(C)C)C(=O)N[C@@H]([C@@H](C)O)C(=O)N1. The Bertz CT molecular complexity index is 1390. The number of amides is 3. The van der Waals surface area contributed by atoms with E-state index in [4.69, 9.17) is 14.2 Å². The molecule has 2 aliphatic rings. The minimum Gasteiger partial charge on any atom is -0.504 e. The summed E-state index contributed by atoms with van der Waals surface area (Å²) in [5.41, 5.74) is 0.219. The molecule has 0 fully saturated rings. The lowest BCUT2D eigenvalue weighted by Gasteiger charge is -2.27. The molecule has 2 aromatic rings. The van der Waals surface area contributed by atoms with Crippen molar-refractivity contribution in [3.05, 3.63) is 47.9 Å². The lowest BCUT2D eigenvalue weighted by molar-refractivity contribution is -0.145. The van der Waals surface area contributed by atoms with E-state index in [1.165, 1.54) is 20.1 Å². The van der Waals surface area contributed by atoms with Gasteiger partial charge in [-0.15, -0.1) is 0 Å². The summed E-state index contributed by atoms with van der Waals surface area (Å²) in [6, 6.07) is 2.52. The molecule has 0 spiro atoms. The van der Waals surface area contributed by atoms with Crippen molar-refractivity contribution in [2.45, 2.75) is 70.4 Å². The standard InChI is InChI=1S/C28H32Br2IN3O9/c1-12(35)21-25(38)32-19(26(39)41-5)10-13-6-15(29)23(16(30)7-13)42-20-11-14(8-17(31)22(20)36)9-18(24(37)34-21)33-27(40)43-28(2,3)4/h6-8,11-12,18-19,21,35-36H,9-10H2,1-5H3,(H,32,38)(H,33,40)(H,34,37)/t12-,18+,19+,21+/m1/s1. The van der Waals surface area contributed by atoms with E-state index in [0.29, 0.717) is 29.4 Å². The first kappa shape index (κ1) is 34.9. The van der Waals surface area contributed by atoms with Crippen molar-refractivity contribution in [2.24, 2.45) is 0 Å². The number of rotatable bonds is 3. The van der Waals surface area contributed by atoms with Crippen LogP contribution in [0.25, 0.3) is 0 Å². The molecule has 0 saturated carbocycles. The number of methoxy groups -OCH3 is 1. The highest BCUT2D eigenvalue weighted by atomic mass is 127. The molecule has 2 heterocycles. The van der Waals surface area contributed by atoms with Gasteiger partial charge in [0.1, 0.15) is 23.7 Å². The van der Waals surface area contributed by atoms with E-state index >= 15 is 0 Å². The van der Waals surface area contributed by atoms with Crippen LogP contribution in [-0.4, -0.2) is 71.0 Å². The second-order valence-electron chi connectivity index (χ2n) is 10.8. The average Bonchev–Trinajstić information content (AvgIpc) is 2.88. The van der Waals surface area contributed by atoms with Gasteiger partial charge in [0, 0.05) is 12.8 Å². The lowest BCUT2D eigenvalue weighted by atomic mass is 10.0. The van der Waals surface area contributed by atoms with E-state index < -0.39 is 53.7 Å². The monoisotopic (exact) mass is 839 g/mol. The second kappa shape index (κ2) is 14.4. The Morgan fingerprint density at radius 1 is 1.07 bits per heavy atom.